The molecular formula is C19H19FN4OS. The van der Waals surface area contributed by atoms with Gasteiger partial charge in [0.2, 0.25) is 5.91 Å². The highest BCUT2D eigenvalue weighted by atomic mass is 32.1. The summed E-state index contributed by atoms with van der Waals surface area (Å²) in [5.41, 5.74) is 4.08. The van der Waals surface area contributed by atoms with Crippen molar-refractivity contribution in [3.8, 4) is 11.1 Å². The topological polar surface area (TPSA) is 58.1 Å². The number of aromatic nitrogens is 2. The van der Waals surface area contributed by atoms with E-state index in [9.17, 15) is 9.18 Å². The number of carbonyl (C=O) groups is 1. The molecule has 1 aromatic carbocycles. The fraction of sp³-hybridized carbons (Fsp3) is 0.316. The number of nitrogens with one attached hydrogen (secondary N) is 1. The molecule has 134 valence electrons. The summed E-state index contributed by atoms with van der Waals surface area (Å²) in [6.07, 6.45) is 1.19. The molecule has 3 aromatic rings. The van der Waals surface area contributed by atoms with Gasteiger partial charge in [-0.05, 0) is 42.7 Å². The van der Waals surface area contributed by atoms with Crippen molar-refractivity contribution in [3.05, 3.63) is 36.0 Å². The van der Waals surface area contributed by atoms with Crippen LogP contribution in [-0.4, -0.2) is 36.1 Å². The van der Waals surface area contributed by atoms with Gasteiger partial charge < -0.3 is 10.2 Å². The van der Waals surface area contributed by atoms with Gasteiger partial charge in [-0.25, -0.2) is 14.4 Å². The van der Waals surface area contributed by atoms with E-state index in [-0.39, 0.29) is 5.91 Å². The fourth-order valence-electron chi connectivity index (χ4n) is 2.87. The van der Waals surface area contributed by atoms with Crippen molar-refractivity contribution in [2.75, 3.05) is 24.3 Å². The summed E-state index contributed by atoms with van der Waals surface area (Å²) in [6.45, 7) is 2.07. The van der Waals surface area contributed by atoms with Crippen molar-refractivity contribution in [3.63, 3.8) is 0 Å². The van der Waals surface area contributed by atoms with Crippen molar-refractivity contribution < 1.29 is 9.18 Å². The quantitative estimate of drug-likeness (QED) is 0.753. The van der Waals surface area contributed by atoms with Crippen molar-refractivity contribution in [1.29, 1.82) is 0 Å². The van der Waals surface area contributed by atoms with Crippen molar-refractivity contribution in [1.82, 2.24) is 9.97 Å². The molecule has 7 heteroatoms. The Hall–Kier alpha value is -2.54. The number of fused-ring (bicyclic) bond motifs is 1. The van der Waals surface area contributed by atoms with Crippen LogP contribution in [-0.2, 0) is 4.79 Å². The van der Waals surface area contributed by atoms with Crippen LogP contribution >= 0.6 is 11.3 Å². The minimum absolute atomic E-state index is 0.281. The molecule has 2 atom stereocenters. The van der Waals surface area contributed by atoms with Gasteiger partial charge in [0.1, 0.15) is 12.0 Å². The third-order valence-corrected chi connectivity index (χ3v) is 5.47. The zero-order valence-corrected chi connectivity index (χ0v) is 15.6. The molecule has 0 bridgehead atoms. The van der Waals surface area contributed by atoms with E-state index in [4.69, 9.17) is 0 Å². The van der Waals surface area contributed by atoms with Crippen LogP contribution in [0.25, 0.3) is 21.3 Å². The van der Waals surface area contributed by atoms with E-state index in [1.165, 1.54) is 11.3 Å². The molecule has 26 heavy (non-hydrogen) atoms. The molecule has 1 aliphatic rings. The monoisotopic (exact) mass is 370 g/mol. The lowest BCUT2D eigenvalue weighted by Crippen LogP contribution is -2.14. The second-order valence-electron chi connectivity index (χ2n) is 6.80. The Kier molecular flexibility index (Phi) is 4.11. The number of aryl methyl sites for hydroxylation is 1. The zero-order chi connectivity index (χ0) is 18.4. The number of pyridine rings is 1. The number of alkyl halides is 1. The summed E-state index contributed by atoms with van der Waals surface area (Å²) in [4.78, 5) is 22.8. The minimum Gasteiger partial charge on any atom is -0.363 e. The molecule has 5 nitrogen and oxygen atoms in total. The average molecular weight is 370 g/mol. The Bertz CT molecular complexity index is 1000. The summed E-state index contributed by atoms with van der Waals surface area (Å²) in [7, 11) is 3.93. The first-order valence-corrected chi connectivity index (χ1v) is 9.24. The number of nitrogens with zero attached hydrogens (tertiary/aromatic N) is 3. The normalized spacial score (nSPS) is 18.8. The number of benzene rings is 1. The number of thiazole rings is 1. The molecule has 4 rings (SSSR count). The molecule has 1 aliphatic carbocycles. The Morgan fingerprint density at radius 3 is 2.77 bits per heavy atom. The van der Waals surface area contributed by atoms with Crippen LogP contribution in [0.2, 0.25) is 0 Å². The lowest BCUT2D eigenvalue weighted by molar-refractivity contribution is -0.117. The third kappa shape index (κ3) is 3.14. The minimum atomic E-state index is -1.00. The molecule has 1 amide bonds. The summed E-state index contributed by atoms with van der Waals surface area (Å²) < 4.78 is 14.0. The maximum atomic E-state index is 13.0. The molecule has 0 aliphatic heterocycles. The fourth-order valence-corrected chi connectivity index (χ4v) is 3.78. The van der Waals surface area contributed by atoms with Gasteiger partial charge >= 0.3 is 0 Å². The molecule has 0 spiro atoms. The second-order valence-corrected chi connectivity index (χ2v) is 7.83. The number of hydrogen-bond donors (Lipinski definition) is 1. The van der Waals surface area contributed by atoms with E-state index < -0.39 is 12.1 Å². The zero-order valence-electron chi connectivity index (χ0n) is 14.8. The van der Waals surface area contributed by atoms with E-state index in [0.29, 0.717) is 11.6 Å². The van der Waals surface area contributed by atoms with Gasteiger partial charge in [0.05, 0.1) is 16.1 Å². The van der Waals surface area contributed by atoms with Crippen LogP contribution in [0.15, 0.2) is 30.5 Å². The lowest BCUT2D eigenvalue weighted by atomic mass is 10.0. The molecule has 1 saturated carbocycles. The Balaban J connectivity index is 1.62. The summed E-state index contributed by atoms with van der Waals surface area (Å²) >= 11 is 1.40. The predicted octanol–water partition coefficient (Wildman–Crippen LogP) is 4.03. The van der Waals surface area contributed by atoms with Crippen molar-refractivity contribution in [2.24, 2.45) is 5.92 Å². The Morgan fingerprint density at radius 2 is 2.12 bits per heavy atom. The van der Waals surface area contributed by atoms with E-state index in [2.05, 4.69) is 34.3 Å². The molecule has 2 aromatic heterocycles. The van der Waals surface area contributed by atoms with Crippen molar-refractivity contribution >= 4 is 38.4 Å². The maximum Gasteiger partial charge on any atom is 0.232 e. The number of anilines is 2. The molecule has 2 heterocycles. The number of amides is 1. The molecule has 1 N–H and O–H groups in total. The van der Waals surface area contributed by atoms with Crippen LogP contribution in [0.3, 0.4) is 0 Å². The molecule has 0 unspecified atom stereocenters. The number of halogens is 1. The highest BCUT2D eigenvalue weighted by molar-refractivity contribution is 7.22. The maximum absolute atomic E-state index is 13.0. The van der Waals surface area contributed by atoms with Gasteiger partial charge in [-0.2, -0.15) is 0 Å². The van der Waals surface area contributed by atoms with E-state index in [1.807, 2.05) is 37.3 Å². The van der Waals surface area contributed by atoms with Crippen molar-refractivity contribution in [2.45, 2.75) is 19.5 Å². The SMILES string of the molecule is Cc1cc(N(C)C)ncc1-c1ccc2nc(NC(=O)[C@@H]3C[C@@H]3F)sc2c1. The van der Waals surface area contributed by atoms with Crippen LogP contribution in [0.5, 0.6) is 0 Å². The average Bonchev–Trinajstić information content (AvgIpc) is 3.20. The molecule has 1 fully saturated rings. The molecular weight excluding hydrogens is 351 g/mol. The highest BCUT2D eigenvalue weighted by Gasteiger charge is 2.43. The second kappa shape index (κ2) is 6.32. The van der Waals surface area contributed by atoms with Gasteiger partial charge in [0, 0.05) is 25.9 Å². The number of carbonyl (C=O) groups excluding carboxylic acids is 1. The summed E-state index contributed by atoms with van der Waals surface area (Å²) in [5.74, 6) is 0.124. The van der Waals surface area contributed by atoms with E-state index in [0.717, 1.165) is 32.7 Å². The Morgan fingerprint density at radius 1 is 1.35 bits per heavy atom. The van der Waals surface area contributed by atoms with Gasteiger partial charge in [-0.1, -0.05) is 17.4 Å². The van der Waals surface area contributed by atoms with E-state index >= 15 is 0 Å². The number of rotatable bonds is 4. The highest BCUT2D eigenvalue weighted by Crippen LogP contribution is 2.36. The largest absolute Gasteiger partial charge is 0.363 e. The Labute approximate surface area is 154 Å². The standard InChI is InChI=1S/C19H19FN4OS/c1-10-6-17(24(2)3)21-9-13(10)11-4-5-15-16(7-11)26-19(22-15)23-18(25)12-8-14(12)20/h4-7,9,12,14H,8H2,1-3H3,(H,22,23,25)/t12-,14+/m1/s1. The smallest absolute Gasteiger partial charge is 0.232 e. The number of hydrogen-bond acceptors (Lipinski definition) is 5. The third-order valence-electron chi connectivity index (χ3n) is 4.53. The van der Waals surface area contributed by atoms with Crippen LogP contribution in [0.4, 0.5) is 15.3 Å². The summed E-state index contributed by atoms with van der Waals surface area (Å²) in [5, 5.41) is 3.24. The predicted molar refractivity (Wildman–Crippen MR) is 104 cm³/mol. The van der Waals surface area contributed by atoms with Gasteiger partial charge in [0.15, 0.2) is 5.13 Å². The van der Waals surface area contributed by atoms with Gasteiger partial charge in [-0.15, -0.1) is 0 Å². The van der Waals surface area contributed by atoms with Gasteiger partial charge in [0.25, 0.3) is 0 Å². The van der Waals surface area contributed by atoms with Gasteiger partial charge in [-0.3, -0.25) is 4.79 Å². The molecule has 0 radical (unpaired) electrons. The molecule has 0 saturated heterocycles. The van der Waals surface area contributed by atoms with Crippen LogP contribution in [0, 0.1) is 12.8 Å². The lowest BCUT2D eigenvalue weighted by Gasteiger charge is -2.13. The van der Waals surface area contributed by atoms with Crippen LogP contribution < -0.4 is 10.2 Å². The first kappa shape index (κ1) is 16.9. The summed E-state index contributed by atoms with van der Waals surface area (Å²) in [6, 6.07) is 8.05. The van der Waals surface area contributed by atoms with Crippen LogP contribution in [0.1, 0.15) is 12.0 Å². The first-order valence-electron chi connectivity index (χ1n) is 8.42. The first-order chi connectivity index (χ1) is 12.4. The van der Waals surface area contributed by atoms with E-state index in [1.54, 1.807) is 0 Å².